The van der Waals surface area contributed by atoms with Gasteiger partial charge in [0.2, 0.25) is 5.91 Å². The zero-order valence-electron chi connectivity index (χ0n) is 13.7. The summed E-state index contributed by atoms with van der Waals surface area (Å²) in [6, 6.07) is 8.18. The van der Waals surface area contributed by atoms with Crippen LogP contribution < -0.4 is 5.32 Å². The van der Waals surface area contributed by atoms with Crippen LogP contribution in [0.5, 0.6) is 0 Å². The fourth-order valence-corrected chi connectivity index (χ4v) is 4.02. The number of ether oxygens (including phenoxy) is 1. The summed E-state index contributed by atoms with van der Waals surface area (Å²) in [6.07, 6.45) is 3.65. The molecule has 5 heteroatoms. The first-order valence-electron chi connectivity index (χ1n) is 8.46. The number of carbonyl (C=O) groups is 1. The average molecular weight is 337 g/mol. The molecule has 0 bridgehead atoms. The molecule has 2 fully saturated rings. The predicted octanol–water partition coefficient (Wildman–Crippen LogP) is 2.60. The largest absolute Gasteiger partial charge is 0.381 e. The van der Waals surface area contributed by atoms with Crippen molar-refractivity contribution in [2.75, 3.05) is 33.4 Å². The van der Waals surface area contributed by atoms with E-state index in [2.05, 4.69) is 5.32 Å². The molecule has 2 aliphatic rings. The monoisotopic (exact) mass is 336 g/mol. The van der Waals surface area contributed by atoms with Gasteiger partial charge in [0.1, 0.15) is 0 Å². The lowest BCUT2D eigenvalue weighted by Crippen LogP contribution is -2.55. The molecule has 1 N–H and O–H groups in total. The zero-order chi connectivity index (χ0) is 16.3. The molecule has 2 aliphatic heterocycles. The van der Waals surface area contributed by atoms with Gasteiger partial charge in [-0.05, 0) is 50.4 Å². The maximum absolute atomic E-state index is 13.4. The lowest BCUT2D eigenvalue weighted by Gasteiger charge is -2.42. The van der Waals surface area contributed by atoms with Crippen LogP contribution in [-0.4, -0.2) is 50.2 Å². The van der Waals surface area contributed by atoms with Gasteiger partial charge in [-0.1, -0.05) is 23.7 Å². The van der Waals surface area contributed by atoms with Crippen molar-refractivity contribution in [2.45, 2.75) is 37.1 Å². The second-order valence-electron chi connectivity index (χ2n) is 6.58. The molecule has 0 spiro atoms. The molecule has 1 aromatic carbocycles. The Morgan fingerprint density at radius 2 is 2.17 bits per heavy atom. The molecule has 2 heterocycles. The van der Waals surface area contributed by atoms with E-state index in [1.807, 2.05) is 36.2 Å². The zero-order valence-corrected chi connectivity index (χ0v) is 14.4. The van der Waals surface area contributed by atoms with E-state index in [1.165, 1.54) is 0 Å². The Balaban J connectivity index is 1.90. The number of benzene rings is 1. The maximum atomic E-state index is 13.4. The van der Waals surface area contributed by atoms with Gasteiger partial charge in [0.15, 0.2) is 0 Å². The summed E-state index contributed by atoms with van der Waals surface area (Å²) < 4.78 is 5.54. The van der Waals surface area contributed by atoms with Crippen molar-refractivity contribution >= 4 is 17.5 Å². The number of likely N-dealkylation sites (tertiary alicyclic amines) is 1. The molecule has 1 atom stereocenters. The molecule has 1 amide bonds. The molecule has 23 heavy (non-hydrogen) atoms. The molecular weight excluding hydrogens is 312 g/mol. The van der Waals surface area contributed by atoms with Gasteiger partial charge in [-0.15, -0.1) is 0 Å². The van der Waals surface area contributed by atoms with Gasteiger partial charge in [0.05, 0.1) is 5.41 Å². The number of hydrogen-bond donors (Lipinski definition) is 1. The summed E-state index contributed by atoms with van der Waals surface area (Å²) in [5, 5.41) is 4.00. The molecule has 0 aromatic heterocycles. The minimum absolute atomic E-state index is 0.239. The number of hydrogen-bond acceptors (Lipinski definition) is 3. The third-order valence-corrected chi connectivity index (χ3v) is 5.48. The number of nitrogens with zero attached hydrogens (tertiary/aromatic N) is 1. The highest BCUT2D eigenvalue weighted by molar-refractivity contribution is 6.30. The Morgan fingerprint density at radius 3 is 2.87 bits per heavy atom. The lowest BCUT2D eigenvalue weighted by atomic mass is 9.72. The Morgan fingerprint density at radius 1 is 1.39 bits per heavy atom. The number of likely N-dealkylation sites (N-methyl/N-ethyl adjacent to an activating group) is 1. The van der Waals surface area contributed by atoms with Crippen LogP contribution in [0.15, 0.2) is 24.3 Å². The van der Waals surface area contributed by atoms with Crippen molar-refractivity contribution in [3.63, 3.8) is 0 Å². The summed E-state index contributed by atoms with van der Waals surface area (Å²) in [6.45, 7) is 2.89. The van der Waals surface area contributed by atoms with E-state index in [0.717, 1.165) is 44.3 Å². The topological polar surface area (TPSA) is 41.6 Å². The highest BCUT2D eigenvalue weighted by Gasteiger charge is 2.44. The van der Waals surface area contributed by atoms with E-state index < -0.39 is 5.41 Å². The molecule has 0 saturated carbocycles. The second kappa shape index (κ2) is 7.20. The molecule has 1 aromatic rings. The van der Waals surface area contributed by atoms with Gasteiger partial charge in [-0.2, -0.15) is 0 Å². The smallest absolute Gasteiger partial charge is 0.233 e. The van der Waals surface area contributed by atoms with Crippen LogP contribution in [0.25, 0.3) is 0 Å². The van der Waals surface area contributed by atoms with E-state index in [1.54, 1.807) is 0 Å². The number of nitrogens with one attached hydrogen (secondary N) is 1. The van der Waals surface area contributed by atoms with Crippen LogP contribution in [-0.2, 0) is 14.9 Å². The molecule has 0 aliphatic carbocycles. The highest BCUT2D eigenvalue weighted by Crippen LogP contribution is 2.38. The standard InChI is InChI=1S/C18H25ClN2O2/c1-20-16-6-3-9-21(13-16)17(22)18(7-10-23-11-8-18)14-4-2-5-15(19)12-14/h2,4-5,12,16,20H,3,6-11,13H2,1H3. The first kappa shape index (κ1) is 16.7. The molecule has 126 valence electrons. The van der Waals surface area contributed by atoms with Gasteiger partial charge >= 0.3 is 0 Å². The summed E-state index contributed by atoms with van der Waals surface area (Å²) in [4.78, 5) is 15.5. The first-order chi connectivity index (χ1) is 11.2. The number of amides is 1. The van der Waals surface area contributed by atoms with Crippen molar-refractivity contribution in [2.24, 2.45) is 0 Å². The van der Waals surface area contributed by atoms with Crippen molar-refractivity contribution < 1.29 is 9.53 Å². The highest BCUT2D eigenvalue weighted by atomic mass is 35.5. The number of halogens is 1. The summed E-state index contributed by atoms with van der Waals surface area (Å²) >= 11 is 6.20. The van der Waals surface area contributed by atoms with Crippen LogP contribution in [0.4, 0.5) is 0 Å². The third-order valence-electron chi connectivity index (χ3n) is 5.25. The van der Waals surface area contributed by atoms with Crippen LogP contribution in [0.3, 0.4) is 0 Å². The van der Waals surface area contributed by atoms with E-state index in [0.29, 0.717) is 24.3 Å². The Bertz CT molecular complexity index is 558. The molecular formula is C18H25ClN2O2. The van der Waals surface area contributed by atoms with Gasteiger partial charge in [-0.25, -0.2) is 0 Å². The summed E-state index contributed by atoms with van der Waals surface area (Å²) in [5.41, 5.74) is 0.545. The number of rotatable bonds is 3. The Labute approximate surface area is 143 Å². The predicted molar refractivity (Wildman–Crippen MR) is 91.8 cm³/mol. The van der Waals surface area contributed by atoms with Crippen molar-refractivity contribution in [3.05, 3.63) is 34.9 Å². The minimum Gasteiger partial charge on any atom is -0.381 e. The molecule has 0 radical (unpaired) electrons. The molecule has 4 nitrogen and oxygen atoms in total. The van der Waals surface area contributed by atoms with Gasteiger partial charge in [0.25, 0.3) is 0 Å². The van der Waals surface area contributed by atoms with E-state index in [9.17, 15) is 4.79 Å². The molecule has 3 rings (SSSR count). The average Bonchev–Trinajstić information content (AvgIpc) is 2.61. The van der Waals surface area contributed by atoms with E-state index in [-0.39, 0.29) is 5.91 Å². The fourth-order valence-electron chi connectivity index (χ4n) is 3.83. The first-order valence-corrected chi connectivity index (χ1v) is 8.84. The SMILES string of the molecule is CNC1CCCN(C(=O)C2(c3cccc(Cl)c3)CCOCC2)C1. The Kier molecular flexibility index (Phi) is 5.24. The summed E-state index contributed by atoms with van der Waals surface area (Å²) in [5.74, 6) is 0.239. The molecule has 1 unspecified atom stereocenters. The minimum atomic E-state index is -0.487. The van der Waals surface area contributed by atoms with Crippen LogP contribution in [0, 0.1) is 0 Å². The van der Waals surface area contributed by atoms with Gasteiger partial charge in [0, 0.05) is 37.4 Å². The number of carbonyl (C=O) groups excluding carboxylic acids is 1. The van der Waals surface area contributed by atoms with Crippen molar-refractivity contribution in [1.82, 2.24) is 10.2 Å². The lowest BCUT2D eigenvalue weighted by molar-refractivity contribution is -0.142. The number of piperidine rings is 1. The van der Waals surface area contributed by atoms with E-state index in [4.69, 9.17) is 16.3 Å². The second-order valence-corrected chi connectivity index (χ2v) is 7.02. The Hall–Kier alpha value is -1.10. The third kappa shape index (κ3) is 3.39. The fraction of sp³-hybridized carbons (Fsp3) is 0.611. The van der Waals surface area contributed by atoms with Crippen molar-refractivity contribution in [3.8, 4) is 0 Å². The maximum Gasteiger partial charge on any atom is 0.233 e. The quantitative estimate of drug-likeness (QED) is 0.922. The van der Waals surface area contributed by atoms with Crippen LogP contribution in [0.1, 0.15) is 31.2 Å². The van der Waals surface area contributed by atoms with Gasteiger partial charge in [-0.3, -0.25) is 4.79 Å². The van der Waals surface area contributed by atoms with Gasteiger partial charge < -0.3 is 15.0 Å². The van der Waals surface area contributed by atoms with Crippen LogP contribution in [0.2, 0.25) is 5.02 Å². The van der Waals surface area contributed by atoms with Crippen molar-refractivity contribution in [1.29, 1.82) is 0 Å². The summed E-state index contributed by atoms with van der Waals surface area (Å²) in [7, 11) is 1.97. The van der Waals surface area contributed by atoms with E-state index >= 15 is 0 Å². The molecule has 2 saturated heterocycles. The normalized spacial score (nSPS) is 24.4. The van der Waals surface area contributed by atoms with Crippen LogP contribution >= 0.6 is 11.6 Å².